The van der Waals surface area contributed by atoms with Gasteiger partial charge in [-0.15, -0.1) is 10.2 Å². The van der Waals surface area contributed by atoms with Crippen LogP contribution < -0.4 is 0 Å². The third-order valence-corrected chi connectivity index (χ3v) is 4.78. The Morgan fingerprint density at radius 2 is 1.61 bits per heavy atom. The molecule has 0 radical (unpaired) electrons. The van der Waals surface area contributed by atoms with Crippen molar-refractivity contribution in [1.29, 1.82) is 0 Å². The van der Waals surface area contributed by atoms with E-state index in [1.54, 1.807) is 28.8 Å². The number of nitrogens with zero attached hydrogens (tertiary/aromatic N) is 3. The molecule has 6 heteroatoms. The van der Waals surface area contributed by atoms with E-state index < -0.39 is 5.91 Å². The van der Waals surface area contributed by atoms with Crippen LogP contribution in [0.25, 0.3) is 10.9 Å². The first-order valence-electron chi connectivity index (χ1n) is 8.70. The van der Waals surface area contributed by atoms with Gasteiger partial charge in [-0.2, -0.15) is 0 Å². The normalized spacial score (nSPS) is 11.3. The van der Waals surface area contributed by atoms with Gasteiger partial charge in [-0.05, 0) is 23.8 Å². The van der Waals surface area contributed by atoms with E-state index in [2.05, 4.69) is 10.2 Å². The molecule has 0 aliphatic carbocycles. The van der Waals surface area contributed by atoms with Gasteiger partial charge in [0.25, 0.3) is 5.91 Å². The van der Waals surface area contributed by atoms with E-state index >= 15 is 0 Å². The summed E-state index contributed by atoms with van der Waals surface area (Å²) in [4.78, 5) is 12.4. The summed E-state index contributed by atoms with van der Waals surface area (Å²) in [6.45, 7) is 0.473. The molecule has 0 fully saturated rings. The molecule has 1 heterocycles. The summed E-state index contributed by atoms with van der Waals surface area (Å²) in [5.41, 5.74) is 2.37. The van der Waals surface area contributed by atoms with Crippen molar-refractivity contribution in [2.75, 3.05) is 0 Å². The molecule has 4 rings (SSSR count). The highest BCUT2D eigenvalue weighted by molar-refractivity contribution is 6.33. The second kappa shape index (κ2) is 7.66. The topological polar surface area (TPSA) is 66.9 Å². The number of benzene rings is 3. The van der Waals surface area contributed by atoms with Crippen LogP contribution in [0.3, 0.4) is 0 Å². The molecule has 4 aromatic rings. The van der Waals surface area contributed by atoms with Crippen molar-refractivity contribution in [2.45, 2.75) is 6.54 Å². The number of rotatable bonds is 4. The van der Waals surface area contributed by atoms with Gasteiger partial charge in [-0.25, -0.2) is 0 Å². The molecule has 0 aliphatic rings. The van der Waals surface area contributed by atoms with Gasteiger partial charge < -0.3 is 9.67 Å². The molecule has 0 bridgehead atoms. The molecule has 1 amide bonds. The standard InChI is InChI=1S/C22H16ClN3O2/c23-18-12-6-4-10-16(18)21(27)25-24-20-17-11-5-7-13-19(17)26(22(20)28)14-15-8-2-1-3-9-15/h1-13,28H,14H2. The first kappa shape index (κ1) is 17.9. The predicted molar refractivity (Wildman–Crippen MR) is 109 cm³/mol. The molecule has 0 spiro atoms. The number of aromatic nitrogens is 1. The van der Waals surface area contributed by atoms with Gasteiger partial charge in [-0.3, -0.25) is 4.79 Å². The number of halogens is 1. The molecule has 0 unspecified atom stereocenters. The molecule has 138 valence electrons. The largest absolute Gasteiger partial charge is 0.493 e. The van der Waals surface area contributed by atoms with E-state index in [0.717, 1.165) is 11.1 Å². The van der Waals surface area contributed by atoms with Crippen molar-refractivity contribution < 1.29 is 9.90 Å². The van der Waals surface area contributed by atoms with E-state index in [9.17, 15) is 9.90 Å². The van der Waals surface area contributed by atoms with Gasteiger partial charge >= 0.3 is 0 Å². The molecule has 0 saturated carbocycles. The SMILES string of the molecule is O=C(N=Nc1c(O)n(Cc2ccccc2)c2ccccc12)c1ccccc1Cl. The average molecular weight is 390 g/mol. The molecule has 0 saturated heterocycles. The lowest BCUT2D eigenvalue weighted by Crippen LogP contribution is -1.98. The minimum Gasteiger partial charge on any atom is -0.493 e. The van der Waals surface area contributed by atoms with Gasteiger partial charge in [0.15, 0.2) is 5.69 Å². The predicted octanol–water partition coefficient (Wildman–Crippen LogP) is 5.97. The average Bonchev–Trinajstić information content (AvgIpc) is 2.99. The number of azo groups is 1. The van der Waals surface area contributed by atoms with Crippen LogP contribution in [0.1, 0.15) is 15.9 Å². The Labute approximate surface area is 166 Å². The summed E-state index contributed by atoms with van der Waals surface area (Å²) < 4.78 is 1.75. The Morgan fingerprint density at radius 3 is 2.39 bits per heavy atom. The van der Waals surface area contributed by atoms with E-state index in [1.165, 1.54) is 0 Å². The number of para-hydroxylation sites is 1. The monoisotopic (exact) mass is 389 g/mol. The molecule has 0 atom stereocenters. The van der Waals surface area contributed by atoms with Gasteiger partial charge in [-0.1, -0.05) is 72.3 Å². The Bertz CT molecular complexity index is 1180. The van der Waals surface area contributed by atoms with E-state index in [4.69, 9.17) is 11.6 Å². The van der Waals surface area contributed by atoms with E-state index in [1.807, 2.05) is 54.6 Å². The van der Waals surface area contributed by atoms with Crippen LogP contribution >= 0.6 is 11.6 Å². The van der Waals surface area contributed by atoms with Crippen LogP contribution in [-0.2, 0) is 6.54 Å². The maximum absolute atomic E-state index is 12.4. The van der Waals surface area contributed by atoms with Crippen LogP contribution in [-0.4, -0.2) is 15.6 Å². The summed E-state index contributed by atoms with van der Waals surface area (Å²) in [7, 11) is 0. The Morgan fingerprint density at radius 1 is 0.929 bits per heavy atom. The van der Waals surface area contributed by atoms with Crippen LogP contribution in [0.15, 0.2) is 89.1 Å². The molecule has 1 N–H and O–H groups in total. The van der Waals surface area contributed by atoms with Crippen molar-refractivity contribution >= 4 is 34.1 Å². The quantitative estimate of drug-likeness (QED) is 0.437. The fraction of sp³-hybridized carbons (Fsp3) is 0.0455. The van der Waals surface area contributed by atoms with Crippen LogP contribution in [0.5, 0.6) is 5.88 Å². The number of hydrogen-bond donors (Lipinski definition) is 1. The highest BCUT2D eigenvalue weighted by Crippen LogP contribution is 2.39. The fourth-order valence-corrected chi connectivity index (χ4v) is 3.30. The first-order valence-corrected chi connectivity index (χ1v) is 9.07. The summed E-state index contributed by atoms with van der Waals surface area (Å²) in [6, 6.07) is 23.9. The van der Waals surface area contributed by atoms with Gasteiger partial charge in [0.2, 0.25) is 5.88 Å². The highest BCUT2D eigenvalue weighted by atomic mass is 35.5. The maximum atomic E-state index is 12.4. The number of aromatic hydroxyl groups is 1. The zero-order valence-electron chi connectivity index (χ0n) is 14.8. The van der Waals surface area contributed by atoms with Crippen LogP contribution in [0.4, 0.5) is 5.69 Å². The molecular weight excluding hydrogens is 374 g/mol. The van der Waals surface area contributed by atoms with E-state index in [-0.39, 0.29) is 17.1 Å². The second-order valence-electron chi connectivity index (χ2n) is 6.25. The number of carbonyl (C=O) groups is 1. The second-order valence-corrected chi connectivity index (χ2v) is 6.65. The highest BCUT2D eigenvalue weighted by Gasteiger charge is 2.17. The third-order valence-electron chi connectivity index (χ3n) is 4.45. The van der Waals surface area contributed by atoms with Gasteiger partial charge in [0.1, 0.15) is 0 Å². The van der Waals surface area contributed by atoms with Gasteiger partial charge in [0.05, 0.1) is 22.6 Å². The van der Waals surface area contributed by atoms with Crippen molar-refractivity contribution in [3.8, 4) is 5.88 Å². The summed E-state index contributed by atoms with van der Waals surface area (Å²) in [6.07, 6.45) is 0. The van der Waals surface area contributed by atoms with Crippen molar-refractivity contribution in [1.82, 2.24) is 4.57 Å². The number of fused-ring (bicyclic) bond motifs is 1. The molecule has 3 aromatic carbocycles. The number of hydrogen-bond acceptors (Lipinski definition) is 3. The third kappa shape index (κ3) is 3.40. The van der Waals surface area contributed by atoms with Crippen molar-refractivity contribution in [2.24, 2.45) is 10.2 Å². The molecule has 28 heavy (non-hydrogen) atoms. The van der Waals surface area contributed by atoms with E-state index in [0.29, 0.717) is 17.0 Å². The molecule has 5 nitrogen and oxygen atoms in total. The lowest BCUT2D eigenvalue weighted by molar-refractivity contribution is 0.0995. The molecule has 1 aromatic heterocycles. The smallest absolute Gasteiger partial charge is 0.296 e. The summed E-state index contributed by atoms with van der Waals surface area (Å²) in [5.74, 6) is -0.606. The van der Waals surface area contributed by atoms with Crippen molar-refractivity contribution in [3.63, 3.8) is 0 Å². The minimum atomic E-state index is -0.565. The summed E-state index contributed by atoms with van der Waals surface area (Å²) in [5, 5.41) is 19.7. The van der Waals surface area contributed by atoms with Crippen LogP contribution in [0, 0.1) is 0 Å². The molecule has 0 aliphatic heterocycles. The molecular formula is C22H16ClN3O2. The fourth-order valence-electron chi connectivity index (χ4n) is 3.08. The Hall–Kier alpha value is -3.44. The first-order chi connectivity index (χ1) is 13.6. The van der Waals surface area contributed by atoms with Crippen molar-refractivity contribution in [3.05, 3.63) is 95.0 Å². The Kier molecular flexibility index (Phi) is 4.91. The Balaban J connectivity index is 1.74. The number of amides is 1. The lowest BCUT2D eigenvalue weighted by Gasteiger charge is -2.06. The number of carbonyl (C=O) groups excluding carboxylic acids is 1. The maximum Gasteiger partial charge on any atom is 0.296 e. The minimum absolute atomic E-state index is 0.0410. The van der Waals surface area contributed by atoms with Gasteiger partial charge in [0, 0.05) is 5.39 Å². The summed E-state index contributed by atoms with van der Waals surface area (Å²) >= 11 is 6.05. The zero-order valence-corrected chi connectivity index (χ0v) is 15.5. The van der Waals surface area contributed by atoms with Crippen LogP contribution in [0.2, 0.25) is 5.02 Å². The zero-order chi connectivity index (χ0) is 19.5. The lowest BCUT2D eigenvalue weighted by atomic mass is 10.2.